The van der Waals surface area contributed by atoms with Crippen LogP contribution in [0.15, 0.2) is 47.5 Å². The first kappa shape index (κ1) is 19.0. The molecule has 7 nitrogen and oxygen atoms in total. The normalized spacial score (nSPS) is 11.3. The predicted octanol–water partition coefficient (Wildman–Crippen LogP) is 1.47. The van der Waals surface area contributed by atoms with Gasteiger partial charge in [0, 0.05) is 26.8 Å². The van der Waals surface area contributed by atoms with Crippen LogP contribution in [0.1, 0.15) is 16.9 Å². The Labute approximate surface area is 148 Å². The first-order chi connectivity index (χ1) is 11.8. The van der Waals surface area contributed by atoms with Gasteiger partial charge in [0.1, 0.15) is 16.3 Å². The Hall–Kier alpha value is -2.32. The number of rotatable bonds is 8. The van der Waals surface area contributed by atoms with Gasteiger partial charge in [-0.05, 0) is 31.7 Å². The van der Waals surface area contributed by atoms with E-state index in [-0.39, 0.29) is 10.8 Å². The molecule has 8 heteroatoms. The van der Waals surface area contributed by atoms with Crippen molar-refractivity contribution in [3.8, 4) is 5.75 Å². The molecule has 1 aromatic carbocycles. The Kier molecular flexibility index (Phi) is 6.22. The lowest BCUT2D eigenvalue weighted by Gasteiger charge is -2.17. The number of nitrogens with zero attached hydrogens (tertiary/aromatic N) is 2. The minimum Gasteiger partial charge on any atom is -0.494 e. The van der Waals surface area contributed by atoms with E-state index in [1.807, 2.05) is 30.3 Å². The SMILES string of the molecule is CNS(=O)(=O)c1cc(C(=O)N(C)CCCOc2ccccc2)n(C)c1. The lowest BCUT2D eigenvalue weighted by atomic mass is 10.3. The standard InChI is InChI=1S/C17H23N3O4S/c1-18-25(22,23)15-12-16(20(3)13-15)17(21)19(2)10-7-11-24-14-8-5-4-6-9-14/h4-6,8-9,12-13,18H,7,10-11H2,1-3H3. The van der Waals surface area contributed by atoms with Gasteiger partial charge in [0.2, 0.25) is 10.0 Å². The lowest BCUT2D eigenvalue weighted by Crippen LogP contribution is -2.30. The molecule has 1 heterocycles. The maximum absolute atomic E-state index is 12.5. The molecule has 0 saturated heterocycles. The number of carbonyl (C=O) groups excluding carboxylic acids is 1. The van der Waals surface area contributed by atoms with Crippen LogP contribution < -0.4 is 9.46 Å². The number of benzene rings is 1. The van der Waals surface area contributed by atoms with Crippen molar-refractivity contribution in [3.63, 3.8) is 0 Å². The number of ether oxygens (including phenoxy) is 1. The summed E-state index contributed by atoms with van der Waals surface area (Å²) in [5.41, 5.74) is 0.320. The summed E-state index contributed by atoms with van der Waals surface area (Å²) in [5.74, 6) is 0.556. The second-order valence-corrected chi connectivity index (χ2v) is 7.51. The van der Waals surface area contributed by atoms with Crippen molar-refractivity contribution >= 4 is 15.9 Å². The first-order valence-corrected chi connectivity index (χ1v) is 9.36. The number of para-hydroxylation sites is 1. The molecule has 0 bridgehead atoms. The van der Waals surface area contributed by atoms with Gasteiger partial charge in [0.15, 0.2) is 0 Å². The van der Waals surface area contributed by atoms with E-state index in [9.17, 15) is 13.2 Å². The highest BCUT2D eigenvalue weighted by Gasteiger charge is 2.21. The largest absolute Gasteiger partial charge is 0.494 e. The number of hydrogen-bond acceptors (Lipinski definition) is 4. The number of amides is 1. The van der Waals surface area contributed by atoms with E-state index in [1.54, 1.807) is 19.0 Å². The Balaban J connectivity index is 1.91. The van der Waals surface area contributed by atoms with Gasteiger partial charge in [-0.15, -0.1) is 0 Å². The fourth-order valence-electron chi connectivity index (χ4n) is 2.32. The highest BCUT2D eigenvalue weighted by molar-refractivity contribution is 7.89. The highest BCUT2D eigenvalue weighted by atomic mass is 32.2. The molecule has 1 aromatic heterocycles. The molecule has 0 radical (unpaired) electrons. The van der Waals surface area contributed by atoms with Gasteiger partial charge >= 0.3 is 0 Å². The molecule has 0 saturated carbocycles. The van der Waals surface area contributed by atoms with Crippen LogP contribution in [-0.4, -0.2) is 51.0 Å². The van der Waals surface area contributed by atoms with Crippen molar-refractivity contribution in [2.45, 2.75) is 11.3 Å². The second kappa shape index (κ2) is 8.17. The molecule has 136 valence electrons. The number of nitrogens with one attached hydrogen (secondary N) is 1. The molecular formula is C17H23N3O4S. The van der Waals surface area contributed by atoms with Gasteiger partial charge in [0.25, 0.3) is 5.91 Å². The third-order valence-electron chi connectivity index (χ3n) is 3.77. The van der Waals surface area contributed by atoms with E-state index in [4.69, 9.17) is 4.74 Å². The molecular weight excluding hydrogens is 342 g/mol. The van der Waals surface area contributed by atoms with Crippen molar-refractivity contribution in [2.24, 2.45) is 7.05 Å². The van der Waals surface area contributed by atoms with Crippen LogP contribution in [0.2, 0.25) is 0 Å². The monoisotopic (exact) mass is 365 g/mol. The Bertz CT molecular complexity index is 816. The Morgan fingerprint density at radius 3 is 2.60 bits per heavy atom. The predicted molar refractivity (Wildman–Crippen MR) is 95.2 cm³/mol. The van der Waals surface area contributed by atoms with Gasteiger partial charge < -0.3 is 14.2 Å². The van der Waals surface area contributed by atoms with Crippen LogP contribution in [0.3, 0.4) is 0 Å². The summed E-state index contributed by atoms with van der Waals surface area (Å²) in [7, 11) is 1.10. The molecule has 2 aromatic rings. The first-order valence-electron chi connectivity index (χ1n) is 7.88. The molecule has 2 rings (SSSR count). The zero-order valence-corrected chi connectivity index (χ0v) is 15.4. The quantitative estimate of drug-likeness (QED) is 0.719. The zero-order valence-electron chi connectivity index (χ0n) is 14.6. The van der Waals surface area contributed by atoms with Crippen molar-refractivity contribution in [3.05, 3.63) is 48.3 Å². The molecule has 0 aliphatic rings. The number of sulfonamides is 1. The number of aryl methyl sites for hydroxylation is 1. The Morgan fingerprint density at radius 2 is 1.96 bits per heavy atom. The van der Waals surface area contributed by atoms with E-state index < -0.39 is 10.0 Å². The topological polar surface area (TPSA) is 80.6 Å². The van der Waals surface area contributed by atoms with Crippen LogP contribution in [0, 0.1) is 0 Å². The molecule has 0 aliphatic heterocycles. The highest BCUT2D eigenvalue weighted by Crippen LogP contribution is 2.15. The van der Waals surface area contributed by atoms with Crippen LogP contribution in [0.4, 0.5) is 0 Å². The second-order valence-electron chi connectivity index (χ2n) is 5.62. The third-order valence-corrected chi connectivity index (χ3v) is 5.16. The third kappa shape index (κ3) is 4.83. The molecule has 0 fully saturated rings. The zero-order chi connectivity index (χ0) is 18.4. The minimum atomic E-state index is -3.57. The Morgan fingerprint density at radius 1 is 1.28 bits per heavy atom. The van der Waals surface area contributed by atoms with Gasteiger partial charge in [-0.2, -0.15) is 0 Å². The van der Waals surface area contributed by atoms with Crippen LogP contribution in [0.5, 0.6) is 5.75 Å². The van der Waals surface area contributed by atoms with Gasteiger partial charge in [0.05, 0.1) is 6.61 Å². The molecule has 25 heavy (non-hydrogen) atoms. The average molecular weight is 365 g/mol. The number of aromatic nitrogens is 1. The van der Waals surface area contributed by atoms with Gasteiger partial charge in [-0.3, -0.25) is 4.79 Å². The van der Waals surface area contributed by atoms with Crippen molar-refractivity contribution < 1.29 is 17.9 Å². The van der Waals surface area contributed by atoms with E-state index in [0.29, 0.717) is 25.3 Å². The van der Waals surface area contributed by atoms with E-state index >= 15 is 0 Å². The van der Waals surface area contributed by atoms with Crippen LogP contribution in [0.25, 0.3) is 0 Å². The van der Waals surface area contributed by atoms with Gasteiger partial charge in [-0.25, -0.2) is 13.1 Å². The van der Waals surface area contributed by atoms with Crippen LogP contribution in [-0.2, 0) is 17.1 Å². The summed E-state index contributed by atoms with van der Waals surface area (Å²) in [6.45, 7) is 0.999. The molecule has 0 spiro atoms. The molecule has 0 aliphatic carbocycles. The summed E-state index contributed by atoms with van der Waals surface area (Å²) < 4.78 is 33.0. The summed E-state index contributed by atoms with van der Waals surface area (Å²) in [6.07, 6.45) is 2.09. The summed E-state index contributed by atoms with van der Waals surface area (Å²) >= 11 is 0. The number of carbonyl (C=O) groups is 1. The fraction of sp³-hybridized carbons (Fsp3) is 0.353. The summed E-state index contributed by atoms with van der Waals surface area (Å²) in [6, 6.07) is 10.9. The molecule has 1 N–H and O–H groups in total. The summed E-state index contributed by atoms with van der Waals surface area (Å²) in [5, 5.41) is 0. The van der Waals surface area contributed by atoms with Crippen molar-refractivity contribution in [2.75, 3.05) is 27.2 Å². The van der Waals surface area contributed by atoms with E-state index in [2.05, 4.69) is 4.72 Å². The average Bonchev–Trinajstić information content (AvgIpc) is 3.01. The van der Waals surface area contributed by atoms with Gasteiger partial charge in [-0.1, -0.05) is 18.2 Å². The minimum absolute atomic E-state index is 0.0710. The van der Waals surface area contributed by atoms with Crippen molar-refractivity contribution in [1.29, 1.82) is 0 Å². The van der Waals surface area contributed by atoms with Crippen molar-refractivity contribution in [1.82, 2.24) is 14.2 Å². The van der Waals surface area contributed by atoms with E-state index in [1.165, 1.54) is 23.9 Å². The fourth-order valence-corrected chi connectivity index (χ4v) is 3.12. The maximum Gasteiger partial charge on any atom is 0.270 e. The van der Waals surface area contributed by atoms with E-state index in [0.717, 1.165) is 5.75 Å². The molecule has 0 unspecified atom stereocenters. The lowest BCUT2D eigenvalue weighted by molar-refractivity contribution is 0.0778. The molecule has 1 amide bonds. The molecule has 0 atom stereocenters. The maximum atomic E-state index is 12.5. The summed E-state index contributed by atoms with van der Waals surface area (Å²) in [4.78, 5) is 14.1. The van der Waals surface area contributed by atoms with Crippen LogP contribution >= 0.6 is 0 Å². The smallest absolute Gasteiger partial charge is 0.270 e. The number of hydrogen-bond donors (Lipinski definition) is 1.